The Hall–Kier alpha value is -0.730. The van der Waals surface area contributed by atoms with Crippen molar-refractivity contribution in [2.75, 3.05) is 19.7 Å². The van der Waals surface area contributed by atoms with Gasteiger partial charge in [-0.1, -0.05) is 24.6 Å². The third kappa shape index (κ3) is 4.54. The van der Waals surface area contributed by atoms with Crippen LogP contribution in [0.25, 0.3) is 0 Å². The van der Waals surface area contributed by atoms with Gasteiger partial charge in [0, 0.05) is 11.6 Å². The maximum atomic E-state index is 5.88. The normalized spacial score (nSPS) is 10.3. The number of rotatable bonds is 6. The topological polar surface area (TPSA) is 21.3 Å². The van der Waals surface area contributed by atoms with Gasteiger partial charge in [-0.25, -0.2) is 0 Å². The van der Waals surface area contributed by atoms with E-state index in [0.717, 1.165) is 35.8 Å². The third-order valence-corrected chi connectivity index (χ3v) is 2.35. The number of ether oxygens (including phenoxy) is 1. The van der Waals surface area contributed by atoms with Crippen molar-refractivity contribution in [1.29, 1.82) is 0 Å². The highest BCUT2D eigenvalue weighted by atomic mass is 35.5. The maximum Gasteiger partial charge on any atom is 0.123 e. The molecule has 0 aromatic heterocycles. The Labute approximate surface area is 96.6 Å². The predicted octanol–water partition coefficient (Wildman–Crippen LogP) is 3.03. The van der Waals surface area contributed by atoms with Gasteiger partial charge in [0.2, 0.25) is 0 Å². The Kier molecular flexibility index (Phi) is 5.51. The second-order valence-electron chi connectivity index (χ2n) is 3.51. The molecule has 0 atom stereocenters. The second kappa shape index (κ2) is 6.70. The van der Waals surface area contributed by atoms with Gasteiger partial charge in [-0.3, -0.25) is 0 Å². The number of aryl methyl sites for hydroxylation is 1. The van der Waals surface area contributed by atoms with E-state index in [1.54, 1.807) is 0 Å². The lowest BCUT2D eigenvalue weighted by Crippen LogP contribution is -2.21. The SMILES string of the molecule is CCCNCCOc1cc(Cl)ccc1C. The van der Waals surface area contributed by atoms with Crippen LogP contribution in [0.2, 0.25) is 5.02 Å². The van der Waals surface area contributed by atoms with Crippen molar-refractivity contribution < 1.29 is 4.74 Å². The minimum absolute atomic E-state index is 0.682. The highest BCUT2D eigenvalue weighted by Gasteiger charge is 1.99. The highest BCUT2D eigenvalue weighted by Crippen LogP contribution is 2.22. The van der Waals surface area contributed by atoms with Crippen molar-refractivity contribution in [3.05, 3.63) is 28.8 Å². The van der Waals surface area contributed by atoms with Crippen molar-refractivity contribution in [1.82, 2.24) is 5.32 Å². The van der Waals surface area contributed by atoms with Gasteiger partial charge in [0.25, 0.3) is 0 Å². The summed E-state index contributed by atoms with van der Waals surface area (Å²) in [7, 11) is 0. The Balaban J connectivity index is 2.33. The van der Waals surface area contributed by atoms with E-state index < -0.39 is 0 Å². The molecule has 15 heavy (non-hydrogen) atoms. The summed E-state index contributed by atoms with van der Waals surface area (Å²) < 4.78 is 5.62. The van der Waals surface area contributed by atoms with Crippen LogP contribution >= 0.6 is 11.6 Å². The Bertz CT molecular complexity index is 302. The van der Waals surface area contributed by atoms with Gasteiger partial charge in [-0.15, -0.1) is 0 Å². The molecular weight excluding hydrogens is 210 g/mol. The molecule has 0 aliphatic carbocycles. The highest BCUT2D eigenvalue weighted by molar-refractivity contribution is 6.30. The summed E-state index contributed by atoms with van der Waals surface area (Å²) in [5.74, 6) is 0.876. The van der Waals surface area contributed by atoms with Crippen LogP contribution in [-0.2, 0) is 0 Å². The fraction of sp³-hybridized carbons (Fsp3) is 0.500. The molecule has 0 bridgehead atoms. The minimum Gasteiger partial charge on any atom is -0.492 e. The van der Waals surface area contributed by atoms with Crippen LogP contribution < -0.4 is 10.1 Å². The average Bonchev–Trinajstić information content (AvgIpc) is 2.23. The molecule has 0 unspecified atom stereocenters. The molecule has 0 aliphatic rings. The molecule has 0 saturated heterocycles. The lowest BCUT2D eigenvalue weighted by Gasteiger charge is -2.09. The number of halogens is 1. The van der Waals surface area contributed by atoms with Gasteiger partial charge in [0.05, 0.1) is 0 Å². The first-order chi connectivity index (χ1) is 7.24. The van der Waals surface area contributed by atoms with Gasteiger partial charge in [-0.05, 0) is 37.6 Å². The molecule has 0 saturated carbocycles. The molecule has 1 rings (SSSR count). The van der Waals surface area contributed by atoms with Gasteiger partial charge in [0.15, 0.2) is 0 Å². The van der Waals surface area contributed by atoms with E-state index in [9.17, 15) is 0 Å². The Morgan fingerprint density at radius 2 is 2.13 bits per heavy atom. The van der Waals surface area contributed by atoms with E-state index in [-0.39, 0.29) is 0 Å². The molecule has 0 amide bonds. The van der Waals surface area contributed by atoms with E-state index in [1.807, 2.05) is 25.1 Å². The molecule has 1 aromatic carbocycles. The van der Waals surface area contributed by atoms with E-state index in [1.165, 1.54) is 0 Å². The van der Waals surface area contributed by atoms with Gasteiger partial charge in [0.1, 0.15) is 12.4 Å². The number of benzene rings is 1. The number of nitrogens with one attached hydrogen (secondary N) is 1. The fourth-order valence-corrected chi connectivity index (χ4v) is 1.43. The van der Waals surface area contributed by atoms with E-state index in [0.29, 0.717) is 6.61 Å². The van der Waals surface area contributed by atoms with E-state index in [4.69, 9.17) is 16.3 Å². The molecule has 84 valence electrons. The predicted molar refractivity (Wildman–Crippen MR) is 64.8 cm³/mol. The van der Waals surface area contributed by atoms with Crippen molar-refractivity contribution in [3.63, 3.8) is 0 Å². The Morgan fingerprint density at radius 3 is 2.87 bits per heavy atom. The van der Waals surface area contributed by atoms with Crippen molar-refractivity contribution in [2.45, 2.75) is 20.3 Å². The van der Waals surface area contributed by atoms with Crippen LogP contribution in [0.4, 0.5) is 0 Å². The van der Waals surface area contributed by atoms with Crippen molar-refractivity contribution in [2.24, 2.45) is 0 Å². The summed E-state index contributed by atoms with van der Waals surface area (Å²) in [6, 6.07) is 5.70. The standard InChI is InChI=1S/C12H18ClNO/c1-3-6-14-7-8-15-12-9-11(13)5-4-10(12)2/h4-5,9,14H,3,6-8H2,1-2H3. The molecular formula is C12H18ClNO. The third-order valence-electron chi connectivity index (χ3n) is 2.11. The van der Waals surface area contributed by atoms with Crippen LogP contribution in [0.1, 0.15) is 18.9 Å². The molecule has 2 nitrogen and oxygen atoms in total. The first-order valence-electron chi connectivity index (χ1n) is 5.33. The second-order valence-corrected chi connectivity index (χ2v) is 3.94. The summed E-state index contributed by atoms with van der Waals surface area (Å²) in [6.07, 6.45) is 1.15. The lowest BCUT2D eigenvalue weighted by atomic mass is 10.2. The monoisotopic (exact) mass is 227 g/mol. The summed E-state index contributed by atoms with van der Waals surface area (Å²) in [5.41, 5.74) is 1.12. The molecule has 0 spiro atoms. The minimum atomic E-state index is 0.682. The van der Waals surface area contributed by atoms with Crippen LogP contribution in [0.5, 0.6) is 5.75 Å². The number of hydrogen-bond donors (Lipinski definition) is 1. The van der Waals surface area contributed by atoms with Crippen molar-refractivity contribution in [3.8, 4) is 5.75 Å². The quantitative estimate of drug-likeness (QED) is 0.755. The Morgan fingerprint density at radius 1 is 1.33 bits per heavy atom. The van der Waals surface area contributed by atoms with Crippen LogP contribution in [0, 0.1) is 6.92 Å². The largest absolute Gasteiger partial charge is 0.492 e. The first kappa shape index (κ1) is 12.3. The first-order valence-corrected chi connectivity index (χ1v) is 5.71. The van der Waals surface area contributed by atoms with Crippen LogP contribution in [0.3, 0.4) is 0 Å². The smallest absolute Gasteiger partial charge is 0.123 e. The molecule has 3 heteroatoms. The van der Waals surface area contributed by atoms with Gasteiger partial charge in [-0.2, -0.15) is 0 Å². The summed E-state index contributed by atoms with van der Waals surface area (Å²) in [4.78, 5) is 0. The van der Waals surface area contributed by atoms with Crippen LogP contribution in [-0.4, -0.2) is 19.7 Å². The van der Waals surface area contributed by atoms with Gasteiger partial charge >= 0.3 is 0 Å². The summed E-state index contributed by atoms with van der Waals surface area (Å²) in [5, 5.41) is 4.00. The van der Waals surface area contributed by atoms with Gasteiger partial charge < -0.3 is 10.1 Å². The fourth-order valence-electron chi connectivity index (χ4n) is 1.26. The summed E-state index contributed by atoms with van der Waals surface area (Å²) in [6.45, 7) is 6.76. The molecule has 1 aromatic rings. The molecule has 0 fully saturated rings. The van der Waals surface area contributed by atoms with E-state index in [2.05, 4.69) is 12.2 Å². The van der Waals surface area contributed by atoms with Crippen LogP contribution in [0.15, 0.2) is 18.2 Å². The maximum absolute atomic E-state index is 5.88. The van der Waals surface area contributed by atoms with Crippen molar-refractivity contribution >= 4 is 11.6 Å². The summed E-state index contributed by atoms with van der Waals surface area (Å²) >= 11 is 5.88. The lowest BCUT2D eigenvalue weighted by molar-refractivity contribution is 0.312. The van der Waals surface area contributed by atoms with E-state index >= 15 is 0 Å². The molecule has 0 aliphatic heterocycles. The molecule has 0 radical (unpaired) electrons. The average molecular weight is 228 g/mol. The zero-order valence-electron chi connectivity index (χ0n) is 9.35. The molecule has 0 heterocycles. The zero-order chi connectivity index (χ0) is 11.1. The molecule has 1 N–H and O–H groups in total. The number of hydrogen-bond acceptors (Lipinski definition) is 2. The zero-order valence-corrected chi connectivity index (χ0v) is 10.1.